The summed E-state index contributed by atoms with van der Waals surface area (Å²) in [6, 6.07) is 2.35. The van der Waals surface area contributed by atoms with Crippen LogP contribution in [0.3, 0.4) is 0 Å². The lowest BCUT2D eigenvalue weighted by Crippen LogP contribution is -2.34. The average molecular weight is 389 g/mol. The number of benzene rings is 1. The molecule has 0 unspecified atom stereocenters. The molecule has 1 fully saturated rings. The summed E-state index contributed by atoms with van der Waals surface area (Å²) in [6.45, 7) is 2.10. The molecule has 5 nitrogen and oxygen atoms in total. The molecule has 9 heteroatoms. The number of nitrogens with zero attached hydrogens (tertiary/aromatic N) is 1. The van der Waals surface area contributed by atoms with E-state index in [2.05, 4.69) is 15.0 Å². The first-order chi connectivity index (χ1) is 11.9. The summed E-state index contributed by atoms with van der Waals surface area (Å²) in [5, 5.41) is 3.89. The van der Waals surface area contributed by atoms with E-state index >= 15 is 0 Å². The molecule has 0 amide bonds. The smallest absolute Gasteiger partial charge is 0.211 e. The number of rotatable bonds is 6. The van der Waals surface area contributed by atoms with Gasteiger partial charge < -0.3 is 5.32 Å². The fourth-order valence-electron chi connectivity index (χ4n) is 3.05. The van der Waals surface area contributed by atoms with Crippen LogP contribution in [0.25, 0.3) is 10.2 Å². The van der Waals surface area contributed by atoms with Crippen molar-refractivity contribution >= 4 is 36.7 Å². The van der Waals surface area contributed by atoms with Crippen LogP contribution in [0.1, 0.15) is 32.6 Å². The maximum absolute atomic E-state index is 13.7. The predicted molar refractivity (Wildman–Crippen MR) is 96.4 cm³/mol. The van der Waals surface area contributed by atoms with E-state index in [-0.39, 0.29) is 17.3 Å². The van der Waals surface area contributed by atoms with E-state index in [0.717, 1.165) is 31.7 Å². The maximum Gasteiger partial charge on any atom is 0.211 e. The third-order valence-electron chi connectivity index (χ3n) is 4.56. The molecule has 1 aliphatic rings. The van der Waals surface area contributed by atoms with Crippen LogP contribution in [0.4, 0.5) is 13.9 Å². The number of aromatic nitrogens is 1. The number of anilines is 1. The van der Waals surface area contributed by atoms with Crippen LogP contribution in [0.5, 0.6) is 0 Å². The van der Waals surface area contributed by atoms with E-state index in [4.69, 9.17) is 0 Å². The zero-order valence-electron chi connectivity index (χ0n) is 13.9. The van der Waals surface area contributed by atoms with Crippen molar-refractivity contribution in [1.29, 1.82) is 0 Å². The minimum absolute atomic E-state index is 0.0959. The van der Waals surface area contributed by atoms with Gasteiger partial charge in [0.15, 0.2) is 10.9 Å². The van der Waals surface area contributed by atoms with Gasteiger partial charge in [0, 0.05) is 18.7 Å². The van der Waals surface area contributed by atoms with Gasteiger partial charge in [-0.3, -0.25) is 0 Å². The van der Waals surface area contributed by atoms with Gasteiger partial charge in [0.1, 0.15) is 11.3 Å². The van der Waals surface area contributed by atoms with Gasteiger partial charge >= 0.3 is 0 Å². The minimum Gasteiger partial charge on any atom is -0.359 e. The molecule has 0 saturated heterocycles. The molecular weight excluding hydrogens is 368 g/mol. The predicted octanol–water partition coefficient (Wildman–Crippen LogP) is 3.48. The van der Waals surface area contributed by atoms with E-state index in [0.29, 0.717) is 22.3 Å². The Morgan fingerprint density at radius 1 is 1.24 bits per heavy atom. The number of halogens is 2. The van der Waals surface area contributed by atoms with Gasteiger partial charge in [0.05, 0.1) is 10.5 Å². The van der Waals surface area contributed by atoms with Crippen LogP contribution in [-0.2, 0) is 10.0 Å². The Hall–Kier alpha value is -1.32. The molecule has 3 rings (SSSR count). The van der Waals surface area contributed by atoms with Crippen molar-refractivity contribution in [3.8, 4) is 0 Å². The highest BCUT2D eigenvalue weighted by Gasteiger charge is 2.23. The number of nitrogens with one attached hydrogen (secondary N) is 2. The Balaban J connectivity index is 1.55. The van der Waals surface area contributed by atoms with E-state index in [1.54, 1.807) is 6.92 Å². The molecule has 0 atom stereocenters. The van der Waals surface area contributed by atoms with Gasteiger partial charge in [0.25, 0.3) is 0 Å². The zero-order chi connectivity index (χ0) is 18.0. The number of thiazole rings is 1. The van der Waals surface area contributed by atoms with E-state index in [1.807, 2.05) is 0 Å². The van der Waals surface area contributed by atoms with Crippen LogP contribution in [-0.4, -0.2) is 31.7 Å². The molecule has 1 aromatic heterocycles. The molecule has 1 aliphatic carbocycles. The minimum atomic E-state index is -3.14. The topological polar surface area (TPSA) is 71.1 Å². The first kappa shape index (κ1) is 18.5. The summed E-state index contributed by atoms with van der Waals surface area (Å²) in [6.07, 6.45) is 3.62. The van der Waals surface area contributed by atoms with Gasteiger partial charge in [-0.2, -0.15) is 0 Å². The lowest BCUT2D eigenvalue weighted by Gasteiger charge is -2.29. The summed E-state index contributed by atoms with van der Waals surface area (Å²) in [4.78, 5) is 4.22. The normalized spacial score (nSPS) is 21.6. The number of sulfonamides is 1. The molecule has 2 N–H and O–H groups in total. The molecule has 138 valence electrons. The molecule has 1 aromatic carbocycles. The maximum atomic E-state index is 13.7. The first-order valence-corrected chi connectivity index (χ1v) is 10.8. The van der Waals surface area contributed by atoms with E-state index in [1.165, 1.54) is 17.4 Å². The second-order valence-corrected chi connectivity index (χ2v) is 9.49. The van der Waals surface area contributed by atoms with Crippen LogP contribution in [0.2, 0.25) is 0 Å². The Morgan fingerprint density at radius 3 is 2.64 bits per heavy atom. The van der Waals surface area contributed by atoms with Crippen LogP contribution >= 0.6 is 11.3 Å². The molecular formula is C16H21F2N3O2S2. The highest BCUT2D eigenvalue weighted by atomic mass is 32.2. The van der Waals surface area contributed by atoms with Crippen molar-refractivity contribution in [1.82, 2.24) is 9.71 Å². The average Bonchev–Trinajstić information content (AvgIpc) is 2.97. The van der Waals surface area contributed by atoms with Crippen molar-refractivity contribution in [2.45, 2.75) is 38.6 Å². The molecule has 2 aromatic rings. The van der Waals surface area contributed by atoms with Gasteiger partial charge in [0.2, 0.25) is 10.0 Å². The van der Waals surface area contributed by atoms with Crippen LogP contribution in [0, 0.1) is 17.6 Å². The van der Waals surface area contributed by atoms with E-state index < -0.39 is 21.7 Å². The molecule has 1 heterocycles. The zero-order valence-corrected chi connectivity index (χ0v) is 15.5. The SMILES string of the molecule is CCS(=O)(=O)NCC1CCC(Nc2nc3c(F)cc(F)cc3s2)CC1. The van der Waals surface area contributed by atoms with Crippen molar-refractivity contribution in [2.75, 3.05) is 17.6 Å². The van der Waals surface area contributed by atoms with Gasteiger partial charge in [-0.05, 0) is 44.6 Å². The summed E-state index contributed by atoms with van der Waals surface area (Å²) in [7, 11) is -3.14. The third-order valence-corrected chi connectivity index (χ3v) is 6.86. The second-order valence-electron chi connectivity index (χ2n) is 6.37. The summed E-state index contributed by atoms with van der Waals surface area (Å²) in [5.41, 5.74) is 0.191. The Bertz CT molecular complexity index is 846. The largest absolute Gasteiger partial charge is 0.359 e. The second kappa shape index (κ2) is 7.51. The van der Waals surface area contributed by atoms with Crippen molar-refractivity contribution in [2.24, 2.45) is 5.92 Å². The summed E-state index contributed by atoms with van der Waals surface area (Å²) < 4.78 is 53.1. The summed E-state index contributed by atoms with van der Waals surface area (Å²) in [5.74, 6) is -0.818. The molecule has 0 aliphatic heterocycles. The highest BCUT2D eigenvalue weighted by molar-refractivity contribution is 7.89. The lowest BCUT2D eigenvalue weighted by molar-refractivity contribution is 0.337. The molecule has 0 spiro atoms. The third kappa shape index (κ3) is 4.65. The van der Waals surface area contributed by atoms with Crippen LogP contribution < -0.4 is 10.0 Å². The molecule has 25 heavy (non-hydrogen) atoms. The Labute approximate surface area is 149 Å². The van der Waals surface area contributed by atoms with Crippen molar-refractivity contribution in [3.05, 3.63) is 23.8 Å². The molecule has 1 saturated carbocycles. The molecule has 0 bridgehead atoms. The fourth-order valence-corrected chi connectivity index (χ4v) is 4.73. The number of hydrogen-bond donors (Lipinski definition) is 2. The summed E-state index contributed by atoms with van der Waals surface area (Å²) >= 11 is 1.24. The van der Waals surface area contributed by atoms with Gasteiger partial charge in [-0.25, -0.2) is 26.9 Å². The Morgan fingerprint density at radius 2 is 1.96 bits per heavy atom. The monoisotopic (exact) mass is 389 g/mol. The quantitative estimate of drug-likeness (QED) is 0.793. The standard InChI is InChI=1S/C16H21F2N3O2S2/c1-2-25(22,23)19-9-10-3-5-12(6-4-10)20-16-21-15-13(18)7-11(17)8-14(15)24-16/h7-8,10,12,19H,2-6,9H2,1H3,(H,20,21). The number of hydrogen-bond acceptors (Lipinski definition) is 5. The first-order valence-electron chi connectivity index (χ1n) is 8.35. The fraction of sp³-hybridized carbons (Fsp3) is 0.562. The number of fused-ring (bicyclic) bond motifs is 1. The van der Waals surface area contributed by atoms with Gasteiger partial charge in [-0.1, -0.05) is 11.3 Å². The van der Waals surface area contributed by atoms with Crippen LogP contribution in [0.15, 0.2) is 12.1 Å². The van der Waals surface area contributed by atoms with Gasteiger partial charge in [-0.15, -0.1) is 0 Å². The highest BCUT2D eigenvalue weighted by Crippen LogP contribution is 2.32. The lowest BCUT2D eigenvalue weighted by atomic mass is 9.86. The van der Waals surface area contributed by atoms with E-state index in [9.17, 15) is 17.2 Å². The molecule has 0 radical (unpaired) electrons. The Kier molecular flexibility index (Phi) is 5.55. The van der Waals surface area contributed by atoms with Crippen molar-refractivity contribution < 1.29 is 17.2 Å². The van der Waals surface area contributed by atoms with Crippen molar-refractivity contribution in [3.63, 3.8) is 0 Å².